The first-order chi connectivity index (χ1) is 10.0. The van der Waals surface area contributed by atoms with Crippen molar-refractivity contribution in [2.24, 2.45) is 5.84 Å². The van der Waals surface area contributed by atoms with Crippen molar-refractivity contribution < 1.29 is 8.42 Å². The molecule has 1 heterocycles. The SMILES string of the molecule is CCC1CN(C)CCCN1S(=O)(=O)c1ccccc1NN. The second-order valence-corrected chi connectivity index (χ2v) is 7.29. The Morgan fingerprint density at radius 3 is 2.71 bits per heavy atom. The molecule has 118 valence electrons. The Morgan fingerprint density at radius 2 is 2.05 bits per heavy atom. The molecule has 0 saturated carbocycles. The topological polar surface area (TPSA) is 78.7 Å². The molecule has 7 heteroatoms. The fourth-order valence-electron chi connectivity index (χ4n) is 2.81. The van der Waals surface area contributed by atoms with Crippen LogP contribution in [-0.4, -0.2) is 50.3 Å². The lowest BCUT2D eigenvalue weighted by Crippen LogP contribution is -2.43. The molecular formula is C14H24N4O2S. The summed E-state index contributed by atoms with van der Waals surface area (Å²) in [6, 6.07) is 6.76. The average molecular weight is 312 g/mol. The van der Waals surface area contributed by atoms with Gasteiger partial charge in [-0.15, -0.1) is 0 Å². The molecule has 0 amide bonds. The van der Waals surface area contributed by atoms with Gasteiger partial charge >= 0.3 is 0 Å². The maximum atomic E-state index is 13.0. The van der Waals surface area contributed by atoms with E-state index in [2.05, 4.69) is 10.3 Å². The smallest absolute Gasteiger partial charge is 0.245 e. The number of nitrogens with zero attached hydrogens (tertiary/aromatic N) is 2. The Bertz CT molecular complexity index is 576. The van der Waals surface area contributed by atoms with Gasteiger partial charge in [0.15, 0.2) is 0 Å². The van der Waals surface area contributed by atoms with Crippen molar-refractivity contribution in [1.82, 2.24) is 9.21 Å². The van der Waals surface area contributed by atoms with E-state index in [1.807, 2.05) is 14.0 Å². The summed E-state index contributed by atoms with van der Waals surface area (Å²) < 4.78 is 27.6. The lowest BCUT2D eigenvalue weighted by Gasteiger charge is -2.29. The summed E-state index contributed by atoms with van der Waals surface area (Å²) in [5, 5.41) is 0. The maximum Gasteiger partial charge on any atom is 0.245 e. The summed E-state index contributed by atoms with van der Waals surface area (Å²) >= 11 is 0. The van der Waals surface area contributed by atoms with Gasteiger partial charge in [0, 0.05) is 19.1 Å². The number of nitrogen functional groups attached to an aromatic ring is 1. The molecule has 1 aromatic carbocycles. The van der Waals surface area contributed by atoms with Crippen molar-refractivity contribution in [1.29, 1.82) is 0 Å². The fourth-order valence-corrected chi connectivity index (χ4v) is 4.69. The number of hydrazine groups is 1. The van der Waals surface area contributed by atoms with E-state index in [9.17, 15) is 8.42 Å². The summed E-state index contributed by atoms with van der Waals surface area (Å²) in [5.74, 6) is 5.46. The predicted octanol–water partition coefficient (Wildman–Crippen LogP) is 1.08. The van der Waals surface area contributed by atoms with E-state index in [-0.39, 0.29) is 10.9 Å². The zero-order chi connectivity index (χ0) is 15.5. The van der Waals surface area contributed by atoms with Gasteiger partial charge in [-0.1, -0.05) is 19.1 Å². The average Bonchev–Trinajstić information content (AvgIpc) is 2.68. The highest BCUT2D eigenvalue weighted by Gasteiger charge is 2.33. The van der Waals surface area contributed by atoms with Crippen LogP contribution in [0.25, 0.3) is 0 Å². The summed E-state index contributed by atoms with van der Waals surface area (Å²) in [4.78, 5) is 2.44. The summed E-state index contributed by atoms with van der Waals surface area (Å²) in [6.45, 7) is 4.25. The van der Waals surface area contributed by atoms with Gasteiger partial charge in [-0.3, -0.25) is 5.84 Å². The predicted molar refractivity (Wildman–Crippen MR) is 84.3 cm³/mol. The molecule has 0 spiro atoms. The molecule has 0 radical (unpaired) electrons. The number of nitrogens with one attached hydrogen (secondary N) is 1. The van der Waals surface area contributed by atoms with E-state index in [0.717, 1.165) is 25.9 Å². The minimum Gasteiger partial charge on any atom is -0.323 e. The normalized spacial score (nSPS) is 22.0. The molecule has 1 atom stereocenters. The number of anilines is 1. The van der Waals surface area contributed by atoms with E-state index >= 15 is 0 Å². The van der Waals surface area contributed by atoms with Gasteiger partial charge in [0.2, 0.25) is 10.0 Å². The quantitative estimate of drug-likeness (QED) is 0.642. The fraction of sp³-hybridized carbons (Fsp3) is 0.571. The highest BCUT2D eigenvalue weighted by molar-refractivity contribution is 7.89. The number of benzene rings is 1. The van der Waals surface area contributed by atoms with Crippen LogP contribution in [0.2, 0.25) is 0 Å². The molecule has 1 aliphatic heterocycles. The molecule has 1 aliphatic rings. The zero-order valence-electron chi connectivity index (χ0n) is 12.6. The minimum absolute atomic E-state index is 0.00618. The Balaban J connectivity index is 2.41. The van der Waals surface area contributed by atoms with Crippen LogP contribution < -0.4 is 11.3 Å². The molecule has 1 unspecified atom stereocenters. The third-order valence-corrected chi connectivity index (χ3v) is 5.96. The van der Waals surface area contributed by atoms with Crippen molar-refractivity contribution in [2.75, 3.05) is 32.1 Å². The molecule has 0 aliphatic carbocycles. The van der Waals surface area contributed by atoms with Crippen LogP contribution in [0.1, 0.15) is 19.8 Å². The number of rotatable bonds is 4. The first kappa shape index (κ1) is 16.2. The van der Waals surface area contributed by atoms with E-state index in [0.29, 0.717) is 12.2 Å². The van der Waals surface area contributed by atoms with Gasteiger partial charge in [0.25, 0.3) is 0 Å². The second-order valence-electron chi connectivity index (χ2n) is 5.43. The summed E-state index contributed by atoms with van der Waals surface area (Å²) in [6.07, 6.45) is 1.63. The Morgan fingerprint density at radius 1 is 1.33 bits per heavy atom. The van der Waals surface area contributed by atoms with Crippen LogP contribution in [0.5, 0.6) is 0 Å². The molecule has 1 aromatic rings. The summed E-state index contributed by atoms with van der Waals surface area (Å²) in [7, 11) is -1.51. The van der Waals surface area contributed by atoms with E-state index in [1.54, 1.807) is 28.6 Å². The Kier molecular flexibility index (Phi) is 5.21. The van der Waals surface area contributed by atoms with Gasteiger partial charge in [-0.2, -0.15) is 4.31 Å². The lowest BCUT2D eigenvalue weighted by atomic mass is 10.2. The molecule has 1 fully saturated rings. The highest BCUT2D eigenvalue weighted by atomic mass is 32.2. The van der Waals surface area contributed by atoms with Crippen molar-refractivity contribution in [2.45, 2.75) is 30.7 Å². The van der Waals surface area contributed by atoms with Gasteiger partial charge in [-0.25, -0.2) is 8.42 Å². The Labute approximate surface area is 126 Å². The van der Waals surface area contributed by atoms with Gasteiger partial charge in [-0.05, 0) is 38.6 Å². The molecule has 0 bridgehead atoms. The monoisotopic (exact) mass is 312 g/mol. The standard InChI is InChI=1S/C14H24N4O2S/c1-3-12-11-17(2)9-6-10-18(12)21(19,20)14-8-5-4-7-13(14)16-15/h4-5,7-8,12,16H,3,6,9-11,15H2,1-2H3. The van der Waals surface area contributed by atoms with Gasteiger partial charge < -0.3 is 10.3 Å². The number of para-hydroxylation sites is 1. The third-order valence-electron chi connectivity index (χ3n) is 3.95. The van der Waals surface area contributed by atoms with Crippen molar-refractivity contribution in [3.63, 3.8) is 0 Å². The third kappa shape index (κ3) is 3.37. The number of nitrogens with two attached hydrogens (primary N) is 1. The van der Waals surface area contributed by atoms with E-state index < -0.39 is 10.0 Å². The van der Waals surface area contributed by atoms with E-state index in [1.165, 1.54) is 0 Å². The first-order valence-corrected chi connectivity index (χ1v) is 8.70. The van der Waals surface area contributed by atoms with E-state index in [4.69, 9.17) is 5.84 Å². The largest absolute Gasteiger partial charge is 0.323 e. The van der Waals surface area contributed by atoms with Crippen LogP contribution in [0, 0.1) is 0 Å². The number of hydrogen-bond donors (Lipinski definition) is 2. The molecule has 1 saturated heterocycles. The number of sulfonamides is 1. The Hall–Kier alpha value is -1.15. The molecule has 0 aromatic heterocycles. The molecule has 2 rings (SSSR count). The molecule has 21 heavy (non-hydrogen) atoms. The van der Waals surface area contributed by atoms with Crippen LogP contribution in [0.4, 0.5) is 5.69 Å². The van der Waals surface area contributed by atoms with Crippen LogP contribution in [0.3, 0.4) is 0 Å². The first-order valence-electron chi connectivity index (χ1n) is 7.26. The molecule has 3 N–H and O–H groups in total. The van der Waals surface area contributed by atoms with Crippen LogP contribution >= 0.6 is 0 Å². The number of likely N-dealkylation sites (N-methyl/N-ethyl adjacent to an activating group) is 1. The van der Waals surface area contributed by atoms with Crippen molar-refractivity contribution >= 4 is 15.7 Å². The van der Waals surface area contributed by atoms with Crippen LogP contribution in [-0.2, 0) is 10.0 Å². The summed E-state index contributed by atoms with van der Waals surface area (Å²) in [5.41, 5.74) is 2.92. The highest BCUT2D eigenvalue weighted by Crippen LogP contribution is 2.27. The van der Waals surface area contributed by atoms with Gasteiger partial charge in [0.1, 0.15) is 4.90 Å². The van der Waals surface area contributed by atoms with Gasteiger partial charge in [0.05, 0.1) is 5.69 Å². The number of hydrogen-bond acceptors (Lipinski definition) is 5. The van der Waals surface area contributed by atoms with Crippen molar-refractivity contribution in [3.05, 3.63) is 24.3 Å². The second kappa shape index (κ2) is 6.74. The molecular weight excluding hydrogens is 288 g/mol. The van der Waals surface area contributed by atoms with Crippen LogP contribution in [0.15, 0.2) is 29.2 Å². The lowest BCUT2D eigenvalue weighted by molar-refractivity contribution is 0.270. The molecule has 6 nitrogen and oxygen atoms in total. The maximum absolute atomic E-state index is 13.0. The zero-order valence-corrected chi connectivity index (χ0v) is 13.4. The van der Waals surface area contributed by atoms with Crippen molar-refractivity contribution in [3.8, 4) is 0 Å². The minimum atomic E-state index is -3.55.